The number of carbonyl (C=O) groups is 2. The fraction of sp³-hybridized carbons (Fsp3) is 0.542. The van der Waals surface area contributed by atoms with E-state index in [1.807, 2.05) is 27.7 Å². The number of nitrogens with zero attached hydrogens (tertiary/aromatic N) is 4. The quantitative estimate of drug-likeness (QED) is 0.697. The molecule has 2 N–H and O–H groups in total. The van der Waals surface area contributed by atoms with E-state index in [9.17, 15) is 14.4 Å². The van der Waals surface area contributed by atoms with E-state index in [1.54, 1.807) is 15.5 Å². The molecule has 10 heteroatoms. The summed E-state index contributed by atoms with van der Waals surface area (Å²) >= 11 is 0. The van der Waals surface area contributed by atoms with E-state index < -0.39 is 17.4 Å². The number of carbonyl (C=O) groups excluding carboxylic acids is 2. The van der Waals surface area contributed by atoms with Gasteiger partial charge in [0.25, 0.3) is 11.5 Å². The average molecular weight is 467 g/mol. The van der Waals surface area contributed by atoms with Crippen molar-refractivity contribution in [1.29, 1.82) is 0 Å². The van der Waals surface area contributed by atoms with Crippen molar-refractivity contribution in [2.75, 3.05) is 5.32 Å². The van der Waals surface area contributed by atoms with Gasteiger partial charge in [-0.05, 0) is 65.0 Å². The van der Waals surface area contributed by atoms with Gasteiger partial charge in [0.1, 0.15) is 34.8 Å². The number of amides is 2. The maximum Gasteiger partial charge on any atom is 0.410 e. The van der Waals surface area contributed by atoms with Crippen LogP contribution in [0.25, 0.3) is 0 Å². The number of nitrogens with one attached hydrogen (secondary N) is 2. The van der Waals surface area contributed by atoms with Crippen molar-refractivity contribution < 1.29 is 14.3 Å². The van der Waals surface area contributed by atoms with Crippen LogP contribution in [-0.2, 0) is 23.5 Å². The smallest absolute Gasteiger partial charge is 0.410 e. The summed E-state index contributed by atoms with van der Waals surface area (Å²) in [6.07, 6.45) is 5.50. The van der Waals surface area contributed by atoms with Crippen LogP contribution in [0.1, 0.15) is 80.2 Å². The number of aromatic nitrogens is 3. The van der Waals surface area contributed by atoms with E-state index in [-0.39, 0.29) is 18.0 Å². The van der Waals surface area contributed by atoms with Crippen LogP contribution in [0, 0.1) is 6.92 Å². The molecule has 0 bridgehead atoms. The van der Waals surface area contributed by atoms with Gasteiger partial charge in [-0.15, -0.1) is 0 Å². The second-order valence-corrected chi connectivity index (χ2v) is 10.4. The fourth-order valence-corrected chi connectivity index (χ4v) is 5.20. The summed E-state index contributed by atoms with van der Waals surface area (Å²) in [5, 5.41) is 6.28. The molecule has 0 unspecified atom stereocenters. The molecule has 180 valence electrons. The van der Waals surface area contributed by atoms with Gasteiger partial charge >= 0.3 is 6.09 Å². The molecular weight excluding hydrogens is 436 g/mol. The first kappa shape index (κ1) is 22.4. The monoisotopic (exact) mass is 466 g/mol. The van der Waals surface area contributed by atoms with Crippen molar-refractivity contribution in [2.24, 2.45) is 0 Å². The minimum atomic E-state index is -0.661. The molecule has 0 aromatic carbocycles. The second-order valence-electron chi connectivity index (χ2n) is 10.4. The predicted molar refractivity (Wildman–Crippen MR) is 125 cm³/mol. The van der Waals surface area contributed by atoms with E-state index in [4.69, 9.17) is 4.74 Å². The molecule has 0 saturated heterocycles. The first-order valence-electron chi connectivity index (χ1n) is 11.8. The Morgan fingerprint density at radius 2 is 1.88 bits per heavy atom. The minimum Gasteiger partial charge on any atom is -0.444 e. The third-order valence-corrected chi connectivity index (χ3v) is 6.69. The molecule has 2 amide bonds. The summed E-state index contributed by atoms with van der Waals surface area (Å²) in [4.78, 5) is 49.2. The first-order chi connectivity index (χ1) is 16.1. The SMILES string of the molecule is Cc1cc(Nc2ncnc3c2CN(C(=O)OC(C)(C)C)C3)c(=O)n2c1C(=O)NC21CCCCC1. The number of hydrogen-bond acceptors (Lipinski definition) is 7. The number of anilines is 2. The van der Waals surface area contributed by atoms with Gasteiger partial charge in [-0.2, -0.15) is 0 Å². The Morgan fingerprint density at radius 3 is 2.59 bits per heavy atom. The van der Waals surface area contributed by atoms with Crippen molar-refractivity contribution >= 4 is 23.5 Å². The zero-order valence-corrected chi connectivity index (χ0v) is 20.0. The zero-order chi connectivity index (χ0) is 24.3. The molecule has 1 fully saturated rings. The summed E-state index contributed by atoms with van der Waals surface area (Å²) in [6, 6.07) is 1.70. The normalized spacial score (nSPS) is 18.5. The molecule has 1 saturated carbocycles. The molecule has 1 spiro atoms. The Labute approximate surface area is 197 Å². The number of aryl methyl sites for hydroxylation is 1. The van der Waals surface area contributed by atoms with Crippen LogP contribution in [0.5, 0.6) is 0 Å². The topological polar surface area (TPSA) is 118 Å². The Hall–Kier alpha value is -3.43. The number of rotatable bonds is 2. The van der Waals surface area contributed by atoms with Crippen LogP contribution < -0.4 is 16.2 Å². The molecule has 4 heterocycles. The highest BCUT2D eigenvalue weighted by Gasteiger charge is 2.45. The van der Waals surface area contributed by atoms with Crippen LogP contribution in [0.4, 0.5) is 16.3 Å². The zero-order valence-electron chi connectivity index (χ0n) is 20.0. The van der Waals surface area contributed by atoms with Crippen molar-refractivity contribution in [3.05, 3.63) is 45.3 Å². The lowest BCUT2D eigenvalue weighted by molar-refractivity contribution is 0.0240. The van der Waals surface area contributed by atoms with Crippen molar-refractivity contribution in [3.63, 3.8) is 0 Å². The maximum absolute atomic E-state index is 13.6. The van der Waals surface area contributed by atoms with Crippen molar-refractivity contribution in [1.82, 2.24) is 24.8 Å². The lowest BCUT2D eigenvalue weighted by atomic mass is 9.89. The highest BCUT2D eigenvalue weighted by atomic mass is 16.6. The second kappa shape index (κ2) is 7.82. The minimum absolute atomic E-state index is 0.195. The van der Waals surface area contributed by atoms with Gasteiger partial charge in [0, 0.05) is 5.56 Å². The van der Waals surface area contributed by atoms with E-state index >= 15 is 0 Å². The van der Waals surface area contributed by atoms with Crippen molar-refractivity contribution in [2.45, 2.75) is 84.2 Å². The fourth-order valence-electron chi connectivity index (χ4n) is 5.20. The Kier molecular flexibility index (Phi) is 5.14. The van der Waals surface area contributed by atoms with Gasteiger partial charge in [-0.25, -0.2) is 14.8 Å². The van der Waals surface area contributed by atoms with Crippen LogP contribution >= 0.6 is 0 Å². The summed E-state index contributed by atoms with van der Waals surface area (Å²) in [7, 11) is 0. The number of pyridine rings is 1. The van der Waals surface area contributed by atoms with E-state index in [2.05, 4.69) is 20.6 Å². The largest absolute Gasteiger partial charge is 0.444 e. The Bertz CT molecular complexity index is 1240. The summed E-state index contributed by atoms with van der Waals surface area (Å²) < 4.78 is 7.15. The van der Waals surface area contributed by atoms with Crippen LogP contribution in [0.3, 0.4) is 0 Å². The van der Waals surface area contributed by atoms with Gasteiger partial charge in [0.05, 0.1) is 18.8 Å². The molecule has 10 nitrogen and oxygen atoms in total. The Balaban J connectivity index is 1.48. The van der Waals surface area contributed by atoms with Gasteiger partial charge < -0.3 is 15.4 Å². The van der Waals surface area contributed by atoms with Gasteiger partial charge in [0.2, 0.25) is 0 Å². The third kappa shape index (κ3) is 3.70. The molecule has 5 rings (SSSR count). The number of hydrogen-bond donors (Lipinski definition) is 2. The molecule has 1 aliphatic carbocycles. The van der Waals surface area contributed by atoms with Crippen LogP contribution in [0.2, 0.25) is 0 Å². The molecule has 0 atom stereocenters. The van der Waals surface area contributed by atoms with E-state index in [1.165, 1.54) is 6.33 Å². The average Bonchev–Trinajstić information content (AvgIpc) is 3.31. The van der Waals surface area contributed by atoms with E-state index in [0.717, 1.165) is 43.2 Å². The predicted octanol–water partition coefficient (Wildman–Crippen LogP) is 3.30. The van der Waals surface area contributed by atoms with Crippen LogP contribution in [-0.4, -0.2) is 37.0 Å². The number of ether oxygens (including phenoxy) is 1. The lowest BCUT2D eigenvalue weighted by Crippen LogP contribution is -2.48. The molecule has 34 heavy (non-hydrogen) atoms. The molecule has 2 aromatic rings. The lowest BCUT2D eigenvalue weighted by Gasteiger charge is -2.35. The molecule has 2 aromatic heterocycles. The Morgan fingerprint density at radius 1 is 1.15 bits per heavy atom. The maximum atomic E-state index is 13.6. The van der Waals surface area contributed by atoms with Crippen molar-refractivity contribution in [3.8, 4) is 0 Å². The van der Waals surface area contributed by atoms with Gasteiger partial charge in [-0.3, -0.25) is 19.1 Å². The molecular formula is C24H30N6O4. The highest BCUT2D eigenvalue weighted by Crippen LogP contribution is 2.38. The van der Waals surface area contributed by atoms with Crippen LogP contribution in [0.15, 0.2) is 17.2 Å². The first-order valence-corrected chi connectivity index (χ1v) is 11.8. The molecule has 3 aliphatic rings. The third-order valence-electron chi connectivity index (χ3n) is 6.69. The summed E-state index contributed by atoms with van der Waals surface area (Å²) in [5.41, 5.74) is 1.44. The standard InChI is InChI=1S/C24H30N6O4/c1-14-10-16(21(32)30-18(14)20(31)28-24(30)8-6-5-7-9-24)27-19-15-11-29(12-17(15)25-13-26-19)22(33)34-23(2,3)4/h10,13H,5-9,11-12H2,1-4H3,(H,28,31)(H,25,26,27). The number of fused-ring (bicyclic) bond motifs is 3. The summed E-state index contributed by atoms with van der Waals surface area (Å²) in [5.74, 6) is 0.280. The summed E-state index contributed by atoms with van der Waals surface area (Å²) in [6.45, 7) is 7.90. The molecule has 0 radical (unpaired) electrons. The highest BCUT2D eigenvalue weighted by molar-refractivity contribution is 5.97. The van der Waals surface area contributed by atoms with Gasteiger partial charge in [-0.1, -0.05) is 6.42 Å². The van der Waals surface area contributed by atoms with E-state index in [0.29, 0.717) is 29.4 Å². The van der Waals surface area contributed by atoms with Gasteiger partial charge in [0.15, 0.2) is 0 Å². The molecule has 2 aliphatic heterocycles.